The van der Waals surface area contributed by atoms with Crippen LogP contribution in [-0.2, 0) is 4.43 Å². The third-order valence-electron chi connectivity index (χ3n) is 3.99. The zero-order chi connectivity index (χ0) is 12.6. The van der Waals surface area contributed by atoms with Crippen LogP contribution in [0.15, 0.2) is 11.6 Å². The van der Waals surface area contributed by atoms with Gasteiger partial charge in [-0.3, -0.25) is 0 Å². The summed E-state index contributed by atoms with van der Waals surface area (Å²) in [5.74, 6) is 0. The molecule has 0 amide bonds. The van der Waals surface area contributed by atoms with Gasteiger partial charge in [0.05, 0.1) is 12.2 Å². The minimum Gasteiger partial charge on any atom is -0.411 e. The van der Waals surface area contributed by atoms with Crippen molar-refractivity contribution in [3.8, 4) is 0 Å². The summed E-state index contributed by atoms with van der Waals surface area (Å²) in [5, 5.41) is 10.3. The molecule has 94 valence electrons. The van der Waals surface area contributed by atoms with Crippen LogP contribution in [0, 0.1) is 0 Å². The Hall–Kier alpha value is -0.123. The first-order valence-electron chi connectivity index (χ1n) is 6.18. The van der Waals surface area contributed by atoms with E-state index < -0.39 is 14.4 Å². The highest BCUT2D eigenvalue weighted by molar-refractivity contribution is 6.74. The van der Waals surface area contributed by atoms with Gasteiger partial charge in [-0.1, -0.05) is 26.8 Å². The Kier molecular flexibility index (Phi) is 4.03. The zero-order valence-corrected chi connectivity index (χ0v) is 12.5. The fourth-order valence-corrected chi connectivity index (χ4v) is 3.08. The van der Waals surface area contributed by atoms with Gasteiger partial charge in [-0.15, -0.1) is 0 Å². The predicted octanol–water partition coefficient (Wildman–Crippen LogP) is 3.48. The standard InChI is InChI=1S/C13H26O2Si/c1-10-8-7-9-11(12(10)14)15-16(5,6)13(2,3)4/h8,11-12,14H,7,9H2,1-6H3/t11-,12+/m0/s1. The average molecular weight is 242 g/mol. The first-order valence-corrected chi connectivity index (χ1v) is 9.08. The van der Waals surface area contributed by atoms with Gasteiger partial charge in [-0.2, -0.15) is 0 Å². The highest BCUT2D eigenvalue weighted by Gasteiger charge is 2.41. The zero-order valence-electron chi connectivity index (χ0n) is 11.5. The van der Waals surface area contributed by atoms with Crippen molar-refractivity contribution in [2.75, 3.05) is 0 Å². The summed E-state index contributed by atoms with van der Waals surface area (Å²) in [5.41, 5.74) is 1.06. The topological polar surface area (TPSA) is 29.5 Å². The fraction of sp³-hybridized carbons (Fsp3) is 0.846. The van der Waals surface area contributed by atoms with Crippen LogP contribution in [0.5, 0.6) is 0 Å². The average Bonchev–Trinajstić information content (AvgIpc) is 2.11. The number of hydrogen-bond acceptors (Lipinski definition) is 2. The molecule has 0 saturated heterocycles. The maximum atomic E-state index is 10.1. The summed E-state index contributed by atoms with van der Waals surface area (Å²) in [6.07, 6.45) is 3.71. The minimum atomic E-state index is -1.75. The maximum absolute atomic E-state index is 10.1. The molecule has 1 rings (SSSR count). The number of aliphatic hydroxyl groups is 1. The van der Waals surface area contributed by atoms with E-state index in [-0.39, 0.29) is 11.1 Å². The first-order chi connectivity index (χ1) is 7.15. The summed E-state index contributed by atoms with van der Waals surface area (Å²) in [4.78, 5) is 0. The third-order valence-corrected chi connectivity index (χ3v) is 8.49. The molecule has 16 heavy (non-hydrogen) atoms. The summed E-state index contributed by atoms with van der Waals surface area (Å²) in [6, 6.07) is 0. The molecule has 2 atom stereocenters. The van der Waals surface area contributed by atoms with E-state index in [9.17, 15) is 5.11 Å². The lowest BCUT2D eigenvalue weighted by atomic mass is 9.95. The van der Waals surface area contributed by atoms with E-state index in [2.05, 4.69) is 39.9 Å². The van der Waals surface area contributed by atoms with Crippen molar-refractivity contribution in [1.29, 1.82) is 0 Å². The van der Waals surface area contributed by atoms with Crippen molar-refractivity contribution >= 4 is 8.32 Å². The van der Waals surface area contributed by atoms with Crippen LogP contribution < -0.4 is 0 Å². The molecule has 0 fully saturated rings. The summed E-state index contributed by atoms with van der Waals surface area (Å²) >= 11 is 0. The van der Waals surface area contributed by atoms with Crippen LogP contribution in [0.1, 0.15) is 40.5 Å². The van der Waals surface area contributed by atoms with Crippen LogP contribution in [0.25, 0.3) is 0 Å². The molecule has 0 unspecified atom stereocenters. The van der Waals surface area contributed by atoms with Gasteiger partial charge in [0.2, 0.25) is 0 Å². The Bertz CT molecular complexity index is 276. The molecule has 0 spiro atoms. The first kappa shape index (κ1) is 13.9. The Labute approximate surface area is 101 Å². The van der Waals surface area contributed by atoms with Crippen molar-refractivity contribution in [2.45, 2.75) is 70.9 Å². The molecule has 0 aromatic rings. The van der Waals surface area contributed by atoms with Gasteiger partial charge in [0.1, 0.15) is 0 Å². The molecular formula is C13H26O2Si. The van der Waals surface area contributed by atoms with Gasteiger partial charge in [0, 0.05) is 0 Å². The highest BCUT2D eigenvalue weighted by atomic mass is 28.4. The smallest absolute Gasteiger partial charge is 0.192 e. The van der Waals surface area contributed by atoms with Gasteiger partial charge >= 0.3 is 0 Å². The largest absolute Gasteiger partial charge is 0.411 e. The van der Waals surface area contributed by atoms with E-state index in [1.165, 1.54) is 0 Å². The van der Waals surface area contributed by atoms with Crippen molar-refractivity contribution in [3.05, 3.63) is 11.6 Å². The highest BCUT2D eigenvalue weighted by Crippen LogP contribution is 2.39. The Morgan fingerprint density at radius 1 is 1.38 bits per heavy atom. The monoisotopic (exact) mass is 242 g/mol. The van der Waals surface area contributed by atoms with Gasteiger partial charge in [0.15, 0.2) is 8.32 Å². The van der Waals surface area contributed by atoms with Gasteiger partial charge in [-0.25, -0.2) is 0 Å². The molecule has 0 bridgehead atoms. The normalized spacial score (nSPS) is 27.8. The SMILES string of the molecule is CC1=CCC[C@H](O[Si](C)(C)C(C)(C)C)[C@@H]1O. The van der Waals surface area contributed by atoms with Gasteiger partial charge in [0.25, 0.3) is 0 Å². The molecule has 0 aliphatic heterocycles. The number of aliphatic hydroxyl groups excluding tert-OH is 1. The summed E-state index contributed by atoms with van der Waals surface area (Å²) in [7, 11) is -1.75. The molecule has 0 radical (unpaired) electrons. The minimum absolute atomic E-state index is 0.00546. The third kappa shape index (κ3) is 2.96. The van der Waals surface area contributed by atoms with E-state index in [0.717, 1.165) is 18.4 Å². The van der Waals surface area contributed by atoms with Gasteiger partial charge in [-0.05, 0) is 43.5 Å². The van der Waals surface area contributed by atoms with E-state index in [1.807, 2.05) is 6.92 Å². The van der Waals surface area contributed by atoms with Crippen LogP contribution in [0.3, 0.4) is 0 Å². The Balaban J connectivity index is 2.72. The lowest BCUT2D eigenvalue weighted by Gasteiger charge is -2.41. The Morgan fingerprint density at radius 2 is 1.94 bits per heavy atom. The second-order valence-electron chi connectivity index (χ2n) is 6.39. The van der Waals surface area contributed by atoms with Crippen molar-refractivity contribution < 1.29 is 9.53 Å². The van der Waals surface area contributed by atoms with Gasteiger partial charge < -0.3 is 9.53 Å². The Morgan fingerprint density at radius 3 is 2.44 bits per heavy atom. The molecule has 0 aromatic carbocycles. The molecule has 1 aliphatic rings. The molecule has 0 heterocycles. The molecule has 1 N–H and O–H groups in total. The van der Waals surface area contributed by atoms with Crippen molar-refractivity contribution in [2.24, 2.45) is 0 Å². The lowest BCUT2D eigenvalue weighted by Crippen LogP contribution is -2.47. The van der Waals surface area contributed by atoms with Crippen LogP contribution >= 0.6 is 0 Å². The lowest BCUT2D eigenvalue weighted by molar-refractivity contribution is 0.0394. The molecular weight excluding hydrogens is 216 g/mol. The molecule has 2 nitrogen and oxygen atoms in total. The van der Waals surface area contributed by atoms with Crippen molar-refractivity contribution in [3.63, 3.8) is 0 Å². The molecule has 1 aliphatic carbocycles. The van der Waals surface area contributed by atoms with E-state index >= 15 is 0 Å². The van der Waals surface area contributed by atoms with Crippen LogP contribution in [0.4, 0.5) is 0 Å². The van der Waals surface area contributed by atoms with E-state index in [0.29, 0.717) is 0 Å². The number of hydrogen-bond donors (Lipinski definition) is 1. The molecule has 0 aromatic heterocycles. The summed E-state index contributed by atoms with van der Waals surface area (Å²) < 4.78 is 6.27. The van der Waals surface area contributed by atoms with Crippen LogP contribution in [0.2, 0.25) is 18.1 Å². The van der Waals surface area contributed by atoms with Crippen LogP contribution in [-0.4, -0.2) is 25.6 Å². The second-order valence-corrected chi connectivity index (χ2v) is 11.1. The number of allylic oxidation sites excluding steroid dienone is 1. The van der Waals surface area contributed by atoms with E-state index in [1.54, 1.807) is 0 Å². The predicted molar refractivity (Wildman–Crippen MR) is 71.1 cm³/mol. The van der Waals surface area contributed by atoms with E-state index in [4.69, 9.17) is 4.43 Å². The summed E-state index contributed by atoms with van der Waals surface area (Å²) in [6.45, 7) is 13.2. The number of rotatable bonds is 2. The second kappa shape index (κ2) is 4.63. The maximum Gasteiger partial charge on any atom is 0.192 e. The molecule has 0 saturated carbocycles. The molecule has 3 heteroatoms. The fourth-order valence-electron chi connectivity index (χ4n) is 1.73. The van der Waals surface area contributed by atoms with Crippen molar-refractivity contribution in [1.82, 2.24) is 0 Å². The quantitative estimate of drug-likeness (QED) is 0.593.